The van der Waals surface area contributed by atoms with Crippen molar-refractivity contribution in [1.82, 2.24) is 15.6 Å². The molecule has 3 aromatic rings. The molecule has 1 atom stereocenters. The first-order valence-corrected chi connectivity index (χ1v) is 8.62. The zero-order chi connectivity index (χ0) is 19.0. The van der Waals surface area contributed by atoms with Gasteiger partial charge >= 0.3 is 0 Å². The molecule has 0 spiro atoms. The van der Waals surface area contributed by atoms with E-state index in [1.807, 2.05) is 31.2 Å². The van der Waals surface area contributed by atoms with Crippen LogP contribution in [0.1, 0.15) is 28.8 Å². The fraction of sp³-hybridized carbons (Fsp3) is 0.200. The van der Waals surface area contributed by atoms with Gasteiger partial charge in [0.05, 0.1) is 0 Å². The van der Waals surface area contributed by atoms with Gasteiger partial charge in [0.1, 0.15) is 11.6 Å². The summed E-state index contributed by atoms with van der Waals surface area (Å²) in [6, 6.07) is 12.0. The van der Waals surface area contributed by atoms with E-state index in [0.717, 1.165) is 11.1 Å². The number of hydrogen-bond donors (Lipinski definition) is 2. The maximum absolute atomic E-state index is 12.5. The number of nitrogens with zero attached hydrogens (tertiary/aromatic N) is 1. The summed E-state index contributed by atoms with van der Waals surface area (Å²) in [6.07, 6.45) is 0.496. The SMILES string of the molecule is Cc1cccc(-c2nc3ccc(C(=O)NC4CCC(=O)NC4=O)cc3o2)c1. The van der Waals surface area contributed by atoms with Crippen molar-refractivity contribution in [2.24, 2.45) is 0 Å². The minimum Gasteiger partial charge on any atom is -0.436 e. The first-order valence-electron chi connectivity index (χ1n) is 8.62. The van der Waals surface area contributed by atoms with Crippen LogP contribution in [0.3, 0.4) is 0 Å². The van der Waals surface area contributed by atoms with Crippen LogP contribution in [-0.4, -0.2) is 28.7 Å². The van der Waals surface area contributed by atoms with E-state index < -0.39 is 17.9 Å². The van der Waals surface area contributed by atoms with Crippen LogP contribution < -0.4 is 10.6 Å². The van der Waals surface area contributed by atoms with Crippen LogP contribution in [0.25, 0.3) is 22.6 Å². The van der Waals surface area contributed by atoms with E-state index in [4.69, 9.17) is 4.42 Å². The number of nitrogens with one attached hydrogen (secondary N) is 2. The lowest BCUT2D eigenvalue weighted by Gasteiger charge is -2.21. The molecule has 4 rings (SSSR count). The van der Waals surface area contributed by atoms with Crippen LogP contribution in [0.15, 0.2) is 46.9 Å². The molecule has 1 aliphatic rings. The number of piperidine rings is 1. The average molecular weight is 363 g/mol. The molecule has 0 bridgehead atoms. The van der Waals surface area contributed by atoms with Crippen LogP contribution >= 0.6 is 0 Å². The number of imide groups is 1. The topological polar surface area (TPSA) is 101 Å². The Morgan fingerprint density at radius 2 is 2.07 bits per heavy atom. The summed E-state index contributed by atoms with van der Waals surface area (Å²) in [4.78, 5) is 39.9. The molecular weight excluding hydrogens is 346 g/mol. The van der Waals surface area contributed by atoms with E-state index >= 15 is 0 Å². The highest BCUT2D eigenvalue weighted by Crippen LogP contribution is 2.25. The minimum absolute atomic E-state index is 0.206. The zero-order valence-corrected chi connectivity index (χ0v) is 14.6. The molecule has 1 aromatic heterocycles. The predicted molar refractivity (Wildman–Crippen MR) is 97.8 cm³/mol. The summed E-state index contributed by atoms with van der Waals surface area (Å²) in [5, 5.41) is 4.87. The van der Waals surface area contributed by atoms with Gasteiger partial charge in [0, 0.05) is 17.5 Å². The van der Waals surface area contributed by atoms with Gasteiger partial charge in [-0.1, -0.05) is 17.7 Å². The molecule has 27 heavy (non-hydrogen) atoms. The minimum atomic E-state index is -0.719. The number of fused-ring (bicyclic) bond motifs is 1. The number of oxazole rings is 1. The largest absolute Gasteiger partial charge is 0.436 e. The Bertz CT molecular complexity index is 1070. The van der Waals surface area contributed by atoms with Gasteiger partial charge in [-0.2, -0.15) is 0 Å². The lowest BCUT2D eigenvalue weighted by molar-refractivity contribution is -0.134. The number of hydrogen-bond acceptors (Lipinski definition) is 5. The van der Waals surface area contributed by atoms with Gasteiger partial charge in [0.2, 0.25) is 17.7 Å². The second-order valence-electron chi connectivity index (χ2n) is 6.55. The molecule has 0 aliphatic carbocycles. The molecule has 2 heterocycles. The third-order valence-electron chi connectivity index (χ3n) is 4.46. The van der Waals surface area contributed by atoms with Crippen molar-refractivity contribution in [2.75, 3.05) is 0 Å². The molecule has 1 aliphatic heterocycles. The summed E-state index contributed by atoms with van der Waals surface area (Å²) in [7, 11) is 0. The molecule has 1 fully saturated rings. The molecule has 2 N–H and O–H groups in total. The van der Waals surface area contributed by atoms with Gasteiger partial charge in [-0.15, -0.1) is 0 Å². The Morgan fingerprint density at radius 3 is 2.85 bits per heavy atom. The first kappa shape index (κ1) is 17.0. The van der Waals surface area contributed by atoms with E-state index in [1.165, 1.54) is 0 Å². The quantitative estimate of drug-likeness (QED) is 0.696. The number of carbonyl (C=O) groups excluding carboxylic acids is 3. The van der Waals surface area contributed by atoms with Gasteiger partial charge in [0.25, 0.3) is 5.91 Å². The first-order chi connectivity index (χ1) is 13.0. The summed E-state index contributed by atoms with van der Waals surface area (Å²) in [5.74, 6) is -0.726. The number of carbonyl (C=O) groups is 3. The maximum atomic E-state index is 12.5. The highest BCUT2D eigenvalue weighted by atomic mass is 16.3. The van der Waals surface area contributed by atoms with Crippen molar-refractivity contribution < 1.29 is 18.8 Å². The van der Waals surface area contributed by atoms with Crippen LogP contribution in [0, 0.1) is 6.92 Å². The third kappa shape index (κ3) is 3.44. The van der Waals surface area contributed by atoms with Crippen molar-refractivity contribution in [2.45, 2.75) is 25.8 Å². The number of aryl methyl sites for hydroxylation is 1. The summed E-state index contributed by atoms with van der Waals surface area (Å²) >= 11 is 0. The van der Waals surface area contributed by atoms with E-state index in [0.29, 0.717) is 29.0 Å². The lowest BCUT2D eigenvalue weighted by atomic mass is 10.1. The number of aromatic nitrogens is 1. The molecule has 1 saturated heterocycles. The molecule has 136 valence electrons. The molecule has 7 heteroatoms. The van der Waals surface area contributed by atoms with Crippen LogP contribution in [-0.2, 0) is 9.59 Å². The molecule has 0 saturated carbocycles. The van der Waals surface area contributed by atoms with Crippen molar-refractivity contribution in [3.63, 3.8) is 0 Å². The second-order valence-corrected chi connectivity index (χ2v) is 6.55. The highest BCUT2D eigenvalue weighted by Gasteiger charge is 2.28. The number of rotatable bonds is 3. The van der Waals surface area contributed by atoms with E-state index in [9.17, 15) is 14.4 Å². The number of benzene rings is 2. The van der Waals surface area contributed by atoms with Gasteiger partial charge in [-0.05, 0) is 43.7 Å². The van der Waals surface area contributed by atoms with Crippen molar-refractivity contribution in [1.29, 1.82) is 0 Å². The Labute approximate surface area is 154 Å². The number of amides is 3. The van der Waals surface area contributed by atoms with Gasteiger partial charge < -0.3 is 9.73 Å². The molecular formula is C20H17N3O4. The summed E-state index contributed by atoms with van der Waals surface area (Å²) in [5.41, 5.74) is 3.45. The summed E-state index contributed by atoms with van der Waals surface area (Å²) < 4.78 is 5.81. The van der Waals surface area contributed by atoms with Gasteiger partial charge in [-0.3, -0.25) is 19.7 Å². The van der Waals surface area contributed by atoms with Crippen molar-refractivity contribution >= 4 is 28.8 Å². The normalized spacial score (nSPS) is 17.0. The Hall–Kier alpha value is -3.48. The molecule has 2 aromatic carbocycles. The average Bonchev–Trinajstić information content (AvgIpc) is 3.07. The fourth-order valence-electron chi connectivity index (χ4n) is 3.04. The molecule has 1 unspecified atom stereocenters. The van der Waals surface area contributed by atoms with Gasteiger partial charge in [-0.25, -0.2) is 4.98 Å². The second kappa shape index (κ2) is 6.68. The van der Waals surface area contributed by atoms with Crippen LogP contribution in [0.2, 0.25) is 0 Å². The Morgan fingerprint density at radius 1 is 1.22 bits per heavy atom. The smallest absolute Gasteiger partial charge is 0.252 e. The third-order valence-corrected chi connectivity index (χ3v) is 4.46. The van der Waals surface area contributed by atoms with Crippen LogP contribution in [0.4, 0.5) is 0 Å². The fourth-order valence-corrected chi connectivity index (χ4v) is 3.04. The Balaban J connectivity index is 1.57. The summed E-state index contributed by atoms with van der Waals surface area (Å²) in [6.45, 7) is 1.99. The molecule has 3 amide bonds. The predicted octanol–water partition coefficient (Wildman–Crippen LogP) is 2.34. The van der Waals surface area contributed by atoms with E-state index in [1.54, 1.807) is 18.2 Å². The standard InChI is InChI=1S/C20H17N3O4/c1-11-3-2-4-13(9-11)20-22-14-6-5-12(10-16(14)27-20)18(25)21-15-7-8-17(24)23-19(15)26/h2-6,9-10,15H,7-8H2,1H3,(H,21,25)(H,23,24,26). The van der Waals surface area contributed by atoms with Crippen LogP contribution in [0.5, 0.6) is 0 Å². The van der Waals surface area contributed by atoms with Crippen molar-refractivity contribution in [3.8, 4) is 11.5 Å². The zero-order valence-electron chi connectivity index (χ0n) is 14.6. The molecule has 7 nitrogen and oxygen atoms in total. The highest BCUT2D eigenvalue weighted by molar-refractivity contribution is 6.04. The van der Waals surface area contributed by atoms with Crippen molar-refractivity contribution in [3.05, 3.63) is 53.6 Å². The lowest BCUT2D eigenvalue weighted by Crippen LogP contribution is -2.52. The molecule has 0 radical (unpaired) electrons. The van der Waals surface area contributed by atoms with E-state index in [2.05, 4.69) is 15.6 Å². The van der Waals surface area contributed by atoms with E-state index in [-0.39, 0.29) is 12.3 Å². The van der Waals surface area contributed by atoms with Gasteiger partial charge in [0.15, 0.2) is 5.58 Å². The monoisotopic (exact) mass is 363 g/mol. The Kier molecular flexibility index (Phi) is 4.19. The maximum Gasteiger partial charge on any atom is 0.252 e.